The Labute approximate surface area is 244 Å². The molecule has 1 heterocycles. The average Bonchev–Trinajstić information content (AvgIpc) is 2.98. The zero-order valence-electron chi connectivity index (χ0n) is 25.0. The van der Waals surface area contributed by atoms with Crippen LogP contribution in [0.2, 0.25) is 0 Å². The summed E-state index contributed by atoms with van der Waals surface area (Å²) < 4.78 is 6.08. The average molecular weight is 557 g/mol. The molecular formula is C34H44N4O3. The molecule has 0 aromatic heterocycles. The van der Waals surface area contributed by atoms with Crippen LogP contribution in [-0.2, 0) is 22.6 Å². The fourth-order valence-electron chi connectivity index (χ4n) is 5.72. The Morgan fingerprint density at radius 3 is 2.24 bits per heavy atom. The Bertz CT molecular complexity index is 1270. The monoisotopic (exact) mass is 556 g/mol. The largest absolute Gasteiger partial charge is 0.489 e. The Hall–Kier alpha value is -3.68. The highest BCUT2D eigenvalue weighted by Crippen LogP contribution is 2.34. The van der Waals surface area contributed by atoms with E-state index in [1.807, 2.05) is 78.9 Å². The van der Waals surface area contributed by atoms with Gasteiger partial charge >= 0.3 is 0 Å². The van der Waals surface area contributed by atoms with E-state index >= 15 is 0 Å². The number of amides is 2. The summed E-state index contributed by atoms with van der Waals surface area (Å²) in [7, 11) is 1.78. The van der Waals surface area contributed by atoms with Crippen LogP contribution in [0.15, 0.2) is 78.9 Å². The summed E-state index contributed by atoms with van der Waals surface area (Å²) in [6.07, 6.45) is 0.646. The molecule has 2 atom stereocenters. The van der Waals surface area contributed by atoms with Crippen LogP contribution in [0, 0.1) is 0 Å². The van der Waals surface area contributed by atoms with Crippen molar-refractivity contribution < 1.29 is 14.3 Å². The Morgan fingerprint density at radius 2 is 1.61 bits per heavy atom. The third kappa shape index (κ3) is 7.54. The van der Waals surface area contributed by atoms with Crippen LogP contribution >= 0.6 is 0 Å². The molecule has 1 aliphatic heterocycles. The van der Waals surface area contributed by atoms with E-state index in [0.29, 0.717) is 38.2 Å². The maximum absolute atomic E-state index is 14.0. The van der Waals surface area contributed by atoms with Crippen LogP contribution in [0.25, 0.3) is 0 Å². The summed E-state index contributed by atoms with van der Waals surface area (Å²) in [6, 6.07) is 25.1. The minimum Gasteiger partial charge on any atom is -0.489 e. The van der Waals surface area contributed by atoms with E-state index in [9.17, 15) is 9.59 Å². The van der Waals surface area contributed by atoms with Crippen molar-refractivity contribution in [2.24, 2.45) is 0 Å². The van der Waals surface area contributed by atoms with Crippen molar-refractivity contribution in [3.63, 3.8) is 0 Å². The summed E-state index contributed by atoms with van der Waals surface area (Å²) in [6.45, 7) is 10.8. The first-order valence-electron chi connectivity index (χ1n) is 14.7. The highest BCUT2D eigenvalue weighted by atomic mass is 16.5. The minimum absolute atomic E-state index is 0.111. The maximum atomic E-state index is 14.0. The zero-order valence-corrected chi connectivity index (χ0v) is 25.0. The van der Waals surface area contributed by atoms with Crippen LogP contribution in [-0.4, -0.2) is 60.4 Å². The van der Waals surface area contributed by atoms with Crippen molar-refractivity contribution >= 4 is 11.8 Å². The van der Waals surface area contributed by atoms with Crippen LogP contribution in [0.1, 0.15) is 62.0 Å². The normalized spacial score (nSPS) is 15.6. The number of ether oxygens (including phenoxy) is 1. The number of fused-ring (bicyclic) bond motifs is 1. The van der Waals surface area contributed by atoms with Gasteiger partial charge in [-0.3, -0.25) is 14.5 Å². The molecule has 7 heteroatoms. The number of hydrogen-bond donors (Lipinski definition) is 2. The Morgan fingerprint density at radius 1 is 0.951 bits per heavy atom. The molecular weight excluding hydrogens is 512 g/mol. The molecule has 41 heavy (non-hydrogen) atoms. The van der Waals surface area contributed by atoms with Gasteiger partial charge in [0.2, 0.25) is 11.8 Å². The minimum atomic E-state index is -0.722. The molecule has 218 valence electrons. The topological polar surface area (TPSA) is 73.9 Å². The van der Waals surface area contributed by atoms with Gasteiger partial charge in [0.15, 0.2) is 0 Å². The van der Waals surface area contributed by atoms with Crippen LogP contribution in [0.4, 0.5) is 0 Å². The number of hydrogen-bond acceptors (Lipinski definition) is 5. The van der Waals surface area contributed by atoms with Gasteiger partial charge in [-0.05, 0) is 75.5 Å². The Balaban J connectivity index is 1.58. The second-order valence-electron chi connectivity index (χ2n) is 11.2. The second-order valence-corrected chi connectivity index (χ2v) is 11.2. The molecule has 4 rings (SSSR count). The van der Waals surface area contributed by atoms with E-state index in [2.05, 4.69) is 43.2 Å². The number of carbonyl (C=O) groups excluding carboxylic acids is 2. The Kier molecular flexibility index (Phi) is 10.6. The van der Waals surface area contributed by atoms with Crippen molar-refractivity contribution in [3.05, 3.63) is 101 Å². The third-order valence-electron chi connectivity index (χ3n) is 7.79. The van der Waals surface area contributed by atoms with Gasteiger partial charge in [0.05, 0.1) is 0 Å². The summed E-state index contributed by atoms with van der Waals surface area (Å²) >= 11 is 0. The summed E-state index contributed by atoms with van der Waals surface area (Å²) in [5.74, 6) is 0.487. The predicted molar refractivity (Wildman–Crippen MR) is 164 cm³/mol. The van der Waals surface area contributed by atoms with Gasteiger partial charge in [0, 0.05) is 31.7 Å². The molecule has 1 aliphatic rings. The second kappa shape index (κ2) is 14.3. The zero-order chi connectivity index (χ0) is 29.4. The fraction of sp³-hybridized carbons (Fsp3) is 0.412. The lowest BCUT2D eigenvalue weighted by Gasteiger charge is -2.38. The van der Waals surface area contributed by atoms with Gasteiger partial charge in [0.25, 0.3) is 0 Å². The molecule has 3 aromatic rings. The molecule has 0 aliphatic carbocycles. The quantitative estimate of drug-likeness (QED) is 0.333. The first kappa shape index (κ1) is 30.3. The van der Waals surface area contributed by atoms with Crippen LogP contribution in [0.3, 0.4) is 0 Å². The van der Waals surface area contributed by atoms with Crippen molar-refractivity contribution in [3.8, 4) is 5.75 Å². The van der Waals surface area contributed by atoms with Crippen LogP contribution < -0.4 is 15.4 Å². The van der Waals surface area contributed by atoms with Crippen molar-refractivity contribution in [2.75, 3.05) is 26.7 Å². The van der Waals surface area contributed by atoms with E-state index < -0.39 is 12.1 Å². The molecule has 2 unspecified atom stereocenters. The van der Waals surface area contributed by atoms with E-state index in [0.717, 1.165) is 34.5 Å². The lowest BCUT2D eigenvalue weighted by atomic mass is 9.90. The lowest BCUT2D eigenvalue weighted by molar-refractivity contribution is -0.143. The van der Waals surface area contributed by atoms with Crippen molar-refractivity contribution in [1.82, 2.24) is 20.4 Å². The number of nitrogens with zero attached hydrogens (tertiary/aromatic N) is 2. The first-order valence-corrected chi connectivity index (χ1v) is 14.7. The maximum Gasteiger partial charge on any atom is 0.247 e. The van der Waals surface area contributed by atoms with E-state index in [-0.39, 0.29) is 11.8 Å². The molecule has 0 spiro atoms. The van der Waals surface area contributed by atoms with Crippen molar-refractivity contribution in [1.29, 1.82) is 0 Å². The molecule has 2 amide bonds. The number of carbonyl (C=O) groups is 2. The van der Waals surface area contributed by atoms with Gasteiger partial charge in [-0.25, -0.2) is 0 Å². The lowest BCUT2D eigenvalue weighted by Crippen LogP contribution is -2.51. The molecule has 3 aromatic carbocycles. The number of benzene rings is 3. The predicted octanol–water partition coefficient (Wildman–Crippen LogP) is 4.89. The van der Waals surface area contributed by atoms with Gasteiger partial charge < -0.3 is 20.3 Å². The highest BCUT2D eigenvalue weighted by molar-refractivity contribution is 5.92. The van der Waals surface area contributed by atoms with Gasteiger partial charge in [0.1, 0.15) is 24.4 Å². The number of likely N-dealkylation sites (N-methyl/N-ethyl adjacent to an activating group) is 1. The van der Waals surface area contributed by atoms with Gasteiger partial charge in [-0.1, -0.05) is 66.7 Å². The summed E-state index contributed by atoms with van der Waals surface area (Å²) in [5.41, 5.74) is 3.85. The highest BCUT2D eigenvalue weighted by Gasteiger charge is 2.38. The first-order chi connectivity index (χ1) is 19.8. The van der Waals surface area contributed by atoms with E-state index in [4.69, 9.17) is 4.74 Å². The van der Waals surface area contributed by atoms with E-state index in [1.165, 1.54) is 0 Å². The molecule has 0 saturated carbocycles. The van der Waals surface area contributed by atoms with Crippen LogP contribution in [0.5, 0.6) is 5.75 Å². The SMILES string of the molecule is CNC(C(=O)N1CCc2cc(OCc3ccccc3)ccc2C1C(=O)NCCN(C(C)C)C(C)C)c1ccccc1. The van der Waals surface area contributed by atoms with E-state index in [1.54, 1.807) is 11.9 Å². The molecule has 0 fully saturated rings. The molecule has 2 N–H and O–H groups in total. The molecule has 0 saturated heterocycles. The van der Waals surface area contributed by atoms with Gasteiger partial charge in [-0.15, -0.1) is 0 Å². The van der Waals surface area contributed by atoms with Crippen molar-refractivity contribution in [2.45, 2.75) is 64.9 Å². The summed E-state index contributed by atoms with van der Waals surface area (Å²) in [4.78, 5) is 31.9. The molecule has 0 bridgehead atoms. The van der Waals surface area contributed by atoms with Gasteiger partial charge in [-0.2, -0.15) is 0 Å². The standard InChI is InChI=1S/C34H44N4O3/c1-24(2)37(25(3)4)21-19-36-33(39)32-30-17-16-29(41-23-26-12-8-6-9-13-26)22-28(30)18-20-38(32)34(40)31(35-5)27-14-10-7-11-15-27/h6-17,22,24-25,31-32,35H,18-21,23H2,1-5H3,(H,36,39). The third-order valence-corrected chi connectivity index (χ3v) is 7.79. The smallest absolute Gasteiger partial charge is 0.247 e. The fourth-order valence-corrected chi connectivity index (χ4v) is 5.72. The summed E-state index contributed by atoms with van der Waals surface area (Å²) in [5, 5.41) is 6.32. The number of rotatable bonds is 12. The molecule has 7 nitrogen and oxygen atoms in total. The molecule has 0 radical (unpaired) electrons. The number of nitrogens with one attached hydrogen (secondary N) is 2.